The number of benzene rings is 2. The first-order valence-corrected chi connectivity index (χ1v) is 10.8. The summed E-state index contributed by atoms with van der Waals surface area (Å²) in [7, 11) is 0. The second-order valence-electron chi connectivity index (χ2n) is 7.09. The first kappa shape index (κ1) is 23.8. The van der Waals surface area contributed by atoms with Crippen molar-refractivity contribution >= 4 is 40.7 Å². The van der Waals surface area contributed by atoms with Gasteiger partial charge in [0.2, 0.25) is 11.8 Å². The van der Waals surface area contributed by atoms with Crippen LogP contribution >= 0.6 is 23.2 Å². The number of rotatable bonds is 9. The second-order valence-corrected chi connectivity index (χ2v) is 7.93. The van der Waals surface area contributed by atoms with E-state index in [1.54, 1.807) is 36.4 Å². The largest absolute Gasteiger partial charge is 0.441 e. The number of oxazole rings is 1. The zero-order valence-corrected chi connectivity index (χ0v) is 18.9. The predicted octanol–water partition coefficient (Wildman–Crippen LogP) is 5.60. The maximum absolute atomic E-state index is 13.9. The van der Waals surface area contributed by atoms with Crippen LogP contribution in [-0.2, 0) is 16.0 Å². The molecule has 2 amide bonds. The zero-order chi connectivity index (χ0) is 23.1. The SMILES string of the molecule is CCCN(CC(=O)Nc1cc(Cl)ccc1Cl)C(=O)CCc1ncc(-c2ccccc2F)o1. The molecule has 0 saturated heterocycles. The van der Waals surface area contributed by atoms with Crippen molar-refractivity contribution < 1.29 is 18.4 Å². The number of carbonyl (C=O) groups excluding carboxylic acids is 2. The van der Waals surface area contributed by atoms with Gasteiger partial charge in [-0.3, -0.25) is 9.59 Å². The van der Waals surface area contributed by atoms with Gasteiger partial charge in [0.05, 0.1) is 29.0 Å². The van der Waals surface area contributed by atoms with Gasteiger partial charge in [-0.25, -0.2) is 9.37 Å². The fourth-order valence-electron chi connectivity index (χ4n) is 3.10. The molecule has 0 saturated carbocycles. The Morgan fingerprint density at radius 1 is 1.19 bits per heavy atom. The molecule has 1 heterocycles. The standard InChI is InChI=1S/C23H22Cl2FN3O3/c1-2-11-29(14-21(30)28-19-12-15(24)7-8-17(19)25)23(31)10-9-22-27-13-20(32-22)16-5-3-4-6-18(16)26/h3-8,12-13H,2,9-11,14H2,1H3,(H,28,30). The smallest absolute Gasteiger partial charge is 0.244 e. The molecule has 168 valence electrons. The number of anilines is 1. The molecule has 0 aliphatic carbocycles. The van der Waals surface area contributed by atoms with Gasteiger partial charge >= 0.3 is 0 Å². The van der Waals surface area contributed by atoms with Crippen LogP contribution in [-0.4, -0.2) is 34.8 Å². The van der Waals surface area contributed by atoms with E-state index in [-0.39, 0.29) is 31.2 Å². The number of halogens is 3. The molecule has 9 heteroatoms. The summed E-state index contributed by atoms with van der Waals surface area (Å²) in [5.41, 5.74) is 0.690. The lowest BCUT2D eigenvalue weighted by molar-refractivity contribution is -0.134. The molecule has 6 nitrogen and oxygen atoms in total. The summed E-state index contributed by atoms with van der Waals surface area (Å²) in [5.74, 6) is -0.387. The van der Waals surface area contributed by atoms with Crippen LogP contribution in [0.3, 0.4) is 0 Å². The molecular formula is C23H22Cl2FN3O3. The molecule has 0 unspecified atom stereocenters. The van der Waals surface area contributed by atoms with E-state index in [9.17, 15) is 14.0 Å². The lowest BCUT2D eigenvalue weighted by Gasteiger charge is -2.21. The van der Waals surface area contributed by atoms with Crippen molar-refractivity contribution in [2.75, 3.05) is 18.4 Å². The van der Waals surface area contributed by atoms with Crippen molar-refractivity contribution in [3.63, 3.8) is 0 Å². The van der Waals surface area contributed by atoms with Crippen LogP contribution in [0.1, 0.15) is 25.7 Å². The van der Waals surface area contributed by atoms with Gasteiger partial charge in [-0.15, -0.1) is 0 Å². The van der Waals surface area contributed by atoms with E-state index in [0.717, 1.165) is 0 Å². The van der Waals surface area contributed by atoms with Crippen molar-refractivity contribution in [1.82, 2.24) is 9.88 Å². The van der Waals surface area contributed by atoms with E-state index < -0.39 is 5.82 Å². The highest BCUT2D eigenvalue weighted by Gasteiger charge is 2.19. The quantitative estimate of drug-likeness (QED) is 0.435. The molecule has 3 aromatic rings. The van der Waals surface area contributed by atoms with Crippen molar-refractivity contribution in [2.24, 2.45) is 0 Å². The minimum Gasteiger partial charge on any atom is -0.441 e. The Morgan fingerprint density at radius 2 is 1.97 bits per heavy atom. The van der Waals surface area contributed by atoms with Gasteiger partial charge in [0, 0.05) is 24.4 Å². The number of aryl methyl sites for hydroxylation is 1. The molecule has 3 rings (SSSR count). The molecule has 0 atom stereocenters. The molecule has 0 bridgehead atoms. The molecular weight excluding hydrogens is 456 g/mol. The Kier molecular flexibility index (Phi) is 8.25. The number of nitrogens with one attached hydrogen (secondary N) is 1. The van der Waals surface area contributed by atoms with Crippen LogP contribution < -0.4 is 5.32 Å². The number of hydrogen-bond acceptors (Lipinski definition) is 4. The summed E-state index contributed by atoms with van der Waals surface area (Å²) < 4.78 is 19.5. The zero-order valence-electron chi connectivity index (χ0n) is 17.4. The van der Waals surface area contributed by atoms with Crippen LogP contribution in [0.5, 0.6) is 0 Å². The van der Waals surface area contributed by atoms with Gasteiger partial charge in [-0.05, 0) is 36.8 Å². The van der Waals surface area contributed by atoms with Gasteiger partial charge in [0.15, 0.2) is 11.7 Å². The summed E-state index contributed by atoms with van der Waals surface area (Å²) in [6.45, 7) is 2.21. The number of carbonyl (C=O) groups is 2. The topological polar surface area (TPSA) is 75.4 Å². The fraction of sp³-hybridized carbons (Fsp3) is 0.261. The molecule has 2 aromatic carbocycles. The van der Waals surface area contributed by atoms with Crippen LogP contribution in [0.15, 0.2) is 53.1 Å². The van der Waals surface area contributed by atoms with E-state index in [4.69, 9.17) is 27.6 Å². The lowest BCUT2D eigenvalue weighted by atomic mass is 10.2. The van der Waals surface area contributed by atoms with E-state index in [1.807, 2.05) is 6.92 Å². The van der Waals surface area contributed by atoms with Gasteiger partial charge in [0.25, 0.3) is 0 Å². The second kappa shape index (κ2) is 11.1. The fourth-order valence-corrected chi connectivity index (χ4v) is 3.44. The average molecular weight is 478 g/mol. The molecule has 0 radical (unpaired) electrons. The monoisotopic (exact) mass is 477 g/mol. The molecule has 0 aliphatic rings. The highest BCUT2D eigenvalue weighted by atomic mass is 35.5. The van der Waals surface area contributed by atoms with Gasteiger partial charge in [-0.2, -0.15) is 0 Å². The molecule has 0 spiro atoms. The third-order valence-corrected chi connectivity index (χ3v) is 5.19. The van der Waals surface area contributed by atoms with E-state index >= 15 is 0 Å². The van der Waals surface area contributed by atoms with Gasteiger partial charge in [0.1, 0.15) is 5.82 Å². The van der Waals surface area contributed by atoms with Crippen molar-refractivity contribution in [3.8, 4) is 11.3 Å². The Balaban J connectivity index is 1.59. The Bertz CT molecular complexity index is 1100. The average Bonchev–Trinajstić information content (AvgIpc) is 3.23. The normalized spacial score (nSPS) is 10.8. The molecule has 1 N–H and O–H groups in total. The van der Waals surface area contributed by atoms with Crippen molar-refractivity contribution in [2.45, 2.75) is 26.2 Å². The Labute approximate surface area is 195 Å². The first-order valence-electron chi connectivity index (χ1n) is 10.1. The third-order valence-electron chi connectivity index (χ3n) is 4.63. The number of amides is 2. The minimum atomic E-state index is -0.411. The Hall–Kier alpha value is -2.90. The molecule has 1 aromatic heterocycles. The molecule has 0 fully saturated rings. The van der Waals surface area contributed by atoms with Crippen LogP contribution in [0.4, 0.5) is 10.1 Å². The Morgan fingerprint density at radius 3 is 2.72 bits per heavy atom. The van der Waals surface area contributed by atoms with E-state index in [0.29, 0.717) is 45.9 Å². The molecule has 32 heavy (non-hydrogen) atoms. The minimum absolute atomic E-state index is 0.0996. The summed E-state index contributed by atoms with van der Waals surface area (Å²) in [4.78, 5) is 30.8. The summed E-state index contributed by atoms with van der Waals surface area (Å²) >= 11 is 12.0. The maximum atomic E-state index is 13.9. The van der Waals surface area contributed by atoms with E-state index in [2.05, 4.69) is 10.3 Å². The number of aromatic nitrogens is 1. The van der Waals surface area contributed by atoms with Crippen LogP contribution in [0.25, 0.3) is 11.3 Å². The van der Waals surface area contributed by atoms with Crippen LogP contribution in [0.2, 0.25) is 10.0 Å². The predicted molar refractivity (Wildman–Crippen MR) is 122 cm³/mol. The lowest BCUT2D eigenvalue weighted by Crippen LogP contribution is -2.38. The highest BCUT2D eigenvalue weighted by molar-refractivity contribution is 6.35. The number of nitrogens with zero attached hydrogens (tertiary/aromatic N) is 2. The summed E-state index contributed by atoms with van der Waals surface area (Å²) in [6, 6.07) is 11.0. The van der Waals surface area contributed by atoms with Gasteiger partial charge < -0.3 is 14.6 Å². The van der Waals surface area contributed by atoms with Crippen LogP contribution in [0, 0.1) is 5.82 Å². The maximum Gasteiger partial charge on any atom is 0.244 e. The summed E-state index contributed by atoms with van der Waals surface area (Å²) in [6.07, 6.45) is 2.45. The van der Waals surface area contributed by atoms with Crippen molar-refractivity contribution in [1.29, 1.82) is 0 Å². The van der Waals surface area contributed by atoms with Crippen molar-refractivity contribution in [3.05, 3.63) is 70.4 Å². The van der Waals surface area contributed by atoms with Gasteiger partial charge in [-0.1, -0.05) is 42.3 Å². The first-order chi connectivity index (χ1) is 15.4. The summed E-state index contributed by atoms with van der Waals surface area (Å²) in [5, 5.41) is 3.47. The number of hydrogen-bond donors (Lipinski definition) is 1. The third kappa shape index (κ3) is 6.31. The van der Waals surface area contributed by atoms with E-state index in [1.165, 1.54) is 17.2 Å². The molecule has 0 aliphatic heterocycles. The highest BCUT2D eigenvalue weighted by Crippen LogP contribution is 2.26.